The maximum absolute atomic E-state index is 3.89. The maximum atomic E-state index is 3.89. The van der Waals surface area contributed by atoms with Crippen molar-refractivity contribution in [2.75, 3.05) is 18.0 Å². The quantitative estimate of drug-likeness (QED) is 0.619. The van der Waals surface area contributed by atoms with Gasteiger partial charge in [-0.15, -0.1) is 0 Å². The van der Waals surface area contributed by atoms with Crippen molar-refractivity contribution >= 4 is 5.95 Å². The molecule has 5 heteroatoms. The zero-order chi connectivity index (χ0) is 8.27. The largest absolute Gasteiger partial charge is 0.340 e. The van der Waals surface area contributed by atoms with Gasteiger partial charge in [-0.3, -0.25) is 0 Å². The third-order valence-electron chi connectivity index (χ3n) is 1.64. The van der Waals surface area contributed by atoms with E-state index in [1.54, 1.807) is 4.68 Å². The van der Waals surface area contributed by atoms with Crippen molar-refractivity contribution in [1.82, 2.24) is 20.2 Å². The molecule has 0 radical (unpaired) electrons. The van der Waals surface area contributed by atoms with Gasteiger partial charge in [0.15, 0.2) is 0 Å². The summed E-state index contributed by atoms with van der Waals surface area (Å²) in [6.45, 7) is 6.03. The Morgan fingerprint density at radius 3 is 2.36 bits per heavy atom. The molecule has 1 aromatic heterocycles. The standard InChI is InChI=1S/C6H13N5/c1-4-11(5-2)6-7-8-9-10(6)3/h4-5H2,1-3H3. The van der Waals surface area contributed by atoms with Crippen LogP contribution < -0.4 is 4.90 Å². The third-order valence-corrected chi connectivity index (χ3v) is 1.64. The fourth-order valence-electron chi connectivity index (χ4n) is 0.999. The van der Waals surface area contributed by atoms with Crippen LogP contribution in [0.15, 0.2) is 0 Å². The summed E-state index contributed by atoms with van der Waals surface area (Å²) in [7, 11) is 1.84. The molecule has 0 aliphatic heterocycles. The minimum Gasteiger partial charge on any atom is -0.340 e. The van der Waals surface area contributed by atoms with Crippen LogP contribution >= 0.6 is 0 Å². The number of hydrogen-bond donors (Lipinski definition) is 0. The molecule has 0 N–H and O–H groups in total. The van der Waals surface area contributed by atoms with Crippen LogP contribution in [0, 0.1) is 0 Å². The van der Waals surface area contributed by atoms with Gasteiger partial charge in [-0.2, -0.15) is 0 Å². The van der Waals surface area contributed by atoms with Gasteiger partial charge in [0.25, 0.3) is 0 Å². The number of nitrogens with zero attached hydrogens (tertiary/aromatic N) is 5. The number of aromatic nitrogens is 4. The van der Waals surface area contributed by atoms with Crippen molar-refractivity contribution in [3.63, 3.8) is 0 Å². The molecule has 0 aromatic carbocycles. The zero-order valence-electron chi connectivity index (χ0n) is 7.15. The fourth-order valence-corrected chi connectivity index (χ4v) is 0.999. The Kier molecular flexibility index (Phi) is 2.40. The van der Waals surface area contributed by atoms with Crippen molar-refractivity contribution in [3.8, 4) is 0 Å². The summed E-state index contributed by atoms with van der Waals surface area (Å²) in [5.74, 6) is 0.829. The zero-order valence-corrected chi connectivity index (χ0v) is 7.15. The molecule has 0 atom stereocenters. The Morgan fingerprint density at radius 1 is 1.36 bits per heavy atom. The molecule has 1 heterocycles. The number of tetrazole rings is 1. The van der Waals surface area contributed by atoms with Crippen LogP contribution in [-0.4, -0.2) is 33.3 Å². The molecule has 0 unspecified atom stereocenters. The van der Waals surface area contributed by atoms with Crippen LogP contribution in [0.2, 0.25) is 0 Å². The molecule has 11 heavy (non-hydrogen) atoms. The first-order valence-electron chi connectivity index (χ1n) is 3.76. The minimum atomic E-state index is 0.829. The lowest BCUT2D eigenvalue weighted by Crippen LogP contribution is -2.25. The SMILES string of the molecule is CCN(CC)c1nnnn1C. The predicted octanol–water partition coefficient (Wildman–Crippen LogP) is 0.0563. The summed E-state index contributed by atoms with van der Waals surface area (Å²) >= 11 is 0. The van der Waals surface area contributed by atoms with Crippen LogP contribution in [0.1, 0.15) is 13.8 Å². The highest BCUT2D eigenvalue weighted by molar-refractivity contribution is 5.26. The lowest BCUT2D eigenvalue weighted by atomic mass is 10.5. The van der Waals surface area contributed by atoms with Crippen LogP contribution in [0.5, 0.6) is 0 Å². The van der Waals surface area contributed by atoms with E-state index in [9.17, 15) is 0 Å². The number of anilines is 1. The first kappa shape index (κ1) is 7.97. The van der Waals surface area contributed by atoms with Crippen LogP contribution in [0.4, 0.5) is 5.95 Å². The Balaban J connectivity index is 2.81. The van der Waals surface area contributed by atoms with Crippen LogP contribution in [0.3, 0.4) is 0 Å². The van der Waals surface area contributed by atoms with Crippen molar-refractivity contribution in [3.05, 3.63) is 0 Å². The third kappa shape index (κ3) is 1.47. The Labute approximate surface area is 66.0 Å². The second-order valence-electron chi connectivity index (χ2n) is 2.27. The molecule has 5 nitrogen and oxygen atoms in total. The monoisotopic (exact) mass is 155 g/mol. The highest BCUT2D eigenvalue weighted by Gasteiger charge is 2.07. The number of rotatable bonds is 3. The van der Waals surface area contributed by atoms with Gasteiger partial charge in [-0.25, -0.2) is 4.68 Å². The number of hydrogen-bond acceptors (Lipinski definition) is 4. The molecule has 0 fully saturated rings. The molecule has 62 valence electrons. The summed E-state index contributed by atoms with van der Waals surface area (Å²) in [5, 5.41) is 11.2. The van der Waals surface area contributed by atoms with Crippen molar-refractivity contribution < 1.29 is 0 Å². The molecule has 0 aliphatic carbocycles. The second-order valence-corrected chi connectivity index (χ2v) is 2.27. The highest BCUT2D eigenvalue weighted by Crippen LogP contribution is 2.04. The van der Waals surface area contributed by atoms with Crippen molar-refractivity contribution in [2.24, 2.45) is 7.05 Å². The molecule has 1 aromatic rings. The summed E-state index contributed by atoms with van der Waals surface area (Å²) < 4.78 is 1.67. The predicted molar refractivity (Wildman–Crippen MR) is 42.4 cm³/mol. The summed E-state index contributed by atoms with van der Waals surface area (Å²) in [6.07, 6.45) is 0. The molecule has 0 saturated carbocycles. The molecule has 0 amide bonds. The van der Waals surface area contributed by atoms with E-state index in [0.29, 0.717) is 0 Å². The molecule has 0 aliphatic rings. The summed E-state index contributed by atoms with van der Waals surface area (Å²) in [5.41, 5.74) is 0. The van der Waals surface area contributed by atoms with Gasteiger partial charge in [0.1, 0.15) is 0 Å². The smallest absolute Gasteiger partial charge is 0.245 e. The van der Waals surface area contributed by atoms with Gasteiger partial charge in [0.2, 0.25) is 5.95 Å². The highest BCUT2D eigenvalue weighted by atomic mass is 15.6. The first-order chi connectivity index (χ1) is 5.29. The fraction of sp³-hybridized carbons (Fsp3) is 0.833. The van der Waals surface area contributed by atoms with E-state index in [4.69, 9.17) is 0 Å². The van der Waals surface area contributed by atoms with E-state index in [2.05, 4.69) is 34.3 Å². The van der Waals surface area contributed by atoms with Gasteiger partial charge in [0, 0.05) is 20.1 Å². The van der Waals surface area contributed by atoms with E-state index in [0.717, 1.165) is 19.0 Å². The Hall–Kier alpha value is -1.13. The topological polar surface area (TPSA) is 46.8 Å². The second kappa shape index (κ2) is 3.32. The van der Waals surface area contributed by atoms with Gasteiger partial charge < -0.3 is 4.90 Å². The lowest BCUT2D eigenvalue weighted by molar-refractivity contribution is 0.689. The first-order valence-corrected chi connectivity index (χ1v) is 3.76. The van der Waals surface area contributed by atoms with Gasteiger partial charge in [-0.05, 0) is 24.3 Å². The average Bonchev–Trinajstić information content (AvgIpc) is 2.40. The van der Waals surface area contributed by atoms with E-state index < -0.39 is 0 Å². The minimum absolute atomic E-state index is 0.829. The van der Waals surface area contributed by atoms with Crippen molar-refractivity contribution in [2.45, 2.75) is 13.8 Å². The van der Waals surface area contributed by atoms with E-state index in [1.807, 2.05) is 7.05 Å². The van der Waals surface area contributed by atoms with Crippen LogP contribution in [-0.2, 0) is 7.05 Å². The molecular formula is C6H13N5. The van der Waals surface area contributed by atoms with E-state index >= 15 is 0 Å². The maximum Gasteiger partial charge on any atom is 0.245 e. The molecule has 0 spiro atoms. The molecule has 1 rings (SSSR count). The van der Waals surface area contributed by atoms with Crippen LogP contribution in [0.25, 0.3) is 0 Å². The van der Waals surface area contributed by atoms with Gasteiger partial charge >= 0.3 is 0 Å². The van der Waals surface area contributed by atoms with E-state index in [1.165, 1.54) is 0 Å². The van der Waals surface area contributed by atoms with Gasteiger partial charge in [0.05, 0.1) is 0 Å². The molecular weight excluding hydrogens is 142 g/mol. The summed E-state index contributed by atoms with van der Waals surface area (Å²) in [4.78, 5) is 2.10. The Bertz CT molecular complexity index is 215. The molecule has 0 saturated heterocycles. The number of aryl methyl sites for hydroxylation is 1. The van der Waals surface area contributed by atoms with E-state index in [-0.39, 0.29) is 0 Å². The lowest BCUT2D eigenvalue weighted by Gasteiger charge is -2.17. The average molecular weight is 155 g/mol. The van der Waals surface area contributed by atoms with Crippen molar-refractivity contribution in [1.29, 1.82) is 0 Å². The van der Waals surface area contributed by atoms with Gasteiger partial charge in [-0.1, -0.05) is 5.10 Å². The summed E-state index contributed by atoms with van der Waals surface area (Å²) in [6, 6.07) is 0. The Morgan fingerprint density at radius 2 is 2.00 bits per heavy atom. The normalized spacial score (nSPS) is 10.1. The molecule has 0 bridgehead atoms.